The summed E-state index contributed by atoms with van der Waals surface area (Å²) in [5.74, 6) is 0.760. The van der Waals surface area contributed by atoms with Crippen LogP contribution in [0.25, 0.3) is 10.2 Å². The molecule has 22 heavy (non-hydrogen) atoms. The predicted octanol–water partition coefficient (Wildman–Crippen LogP) is 3.57. The van der Waals surface area contributed by atoms with Crippen LogP contribution in [0, 0.1) is 6.92 Å². The highest BCUT2D eigenvalue weighted by Crippen LogP contribution is 2.27. The fourth-order valence-electron chi connectivity index (χ4n) is 2.27. The molecule has 3 aromatic rings. The Hall–Kier alpha value is -2.47. The van der Waals surface area contributed by atoms with Gasteiger partial charge < -0.3 is 10.6 Å². The molecule has 0 aliphatic heterocycles. The van der Waals surface area contributed by atoms with Crippen molar-refractivity contribution in [1.82, 2.24) is 9.97 Å². The molecule has 0 radical (unpaired) electrons. The molecular weight excluding hydrogens is 296 g/mol. The van der Waals surface area contributed by atoms with Crippen LogP contribution in [0.5, 0.6) is 0 Å². The first-order valence-corrected chi connectivity index (χ1v) is 7.75. The third-order valence-corrected chi connectivity index (χ3v) is 4.12. The number of aryl methyl sites for hydroxylation is 1. The van der Waals surface area contributed by atoms with Gasteiger partial charge in [-0.15, -0.1) is 11.3 Å². The highest BCUT2D eigenvalue weighted by Gasteiger charge is 2.06. The van der Waals surface area contributed by atoms with E-state index in [-0.39, 0.29) is 5.91 Å². The standard InChI is InChI=1S/C16H16N4OS/c1-10-6-14-15(18-9-19-16(14)22-10)17-8-12-4-3-5-13(7-12)20-11(2)21/h3-7,9H,8H2,1-2H3,(H,20,21)(H,17,18,19). The van der Waals surface area contributed by atoms with Crippen LogP contribution in [-0.4, -0.2) is 15.9 Å². The van der Waals surface area contributed by atoms with Crippen LogP contribution in [0.4, 0.5) is 11.5 Å². The Bertz CT molecular complexity index is 828. The first-order chi connectivity index (χ1) is 10.6. The number of thiophene rings is 1. The van der Waals surface area contributed by atoms with Crippen LogP contribution in [0.1, 0.15) is 17.4 Å². The lowest BCUT2D eigenvalue weighted by Gasteiger charge is -2.08. The Labute approximate surface area is 132 Å². The van der Waals surface area contributed by atoms with E-state index in [4.69, 9.17) is 0 Å². The van der Waals surface area contributed by atoms with Crippen molar-refractivity contribution in [2.75, 3.05) is 10.6 Å². The molecule has 1 amide bonds. The van der Waals surface area contributed by atoms with E-state index in [0.717, 1.165) is 27.3 Å². The molecule has 0 saturated carbocycles. The second-order valence-electron chi connectivity index (χ2n) is 5.03. The lowest BCUT2D eigenvalue weighted by Crippen LogP contribution is -2.07. The van der Waals surface area contributed by atoms with E-state index in [2.05, 4.69) is 33.6 Å². The smallest absolute Gasteiger partial charge is 0.221 e. The lowest BCUT2D eigenvalue weighted by atomic mass is 10.2. The molecule has 1 aromatic carbocycles. The van der Waals surface area contributed by atoms with E-state index in [1.54, 1.807) is 17.7 Å². The fraction of sp³-hybridized carbons (Fsp3) is 0.188. The zero-order valence-corrected chi connectivity index (χ0v) is 13.2. The van der Waals surface area contributed by atoms with Gasteiger partial charge in [0.2, 0.25) is 5.91 Å². The van der Waals surface area contributed by atoms with Crippen molar-refractivity contribution in [3.05, 3.63) is 47.1 Å². The number of nitrogens with one attached hydrogen (secondary N) is 2. The van der Waals surface area contributed by atoms with Crippen molar-refractivity contribution in [1.29, 1.82) is 0 Å². The molecule has 0 spiro atoms. The number of aromatic nitrogens is 2. The minimum absolute atomic E-state index is 0.0728. The highest BCUT2D eigenvalue weighted by atomic mass is 32.1. The zero-order valence-electron chi connectivity index (χ0n) is 12.4. The summed E-state index contributed by atoms with van der Waals surface area (Å²) in [4.78, 5) is 21.9. The van der Waals surface area contributed by atoms with Gasteiger partial charge in [0.15, 0.2) is 0 Å². The summed E-state index contributed by atoms with van der Waals surface area (Å²) >= 11 is 1.66. The average Bonchev–Trinajstić information content (AvgIpc) is 2.85. The normalized spacial score (nSPS) is 10.6. The van der Waals surface area contributed by atoms with Gasteiger partial charge in [-0.25, -0.2) is 9.97 Å². The summed E-state index contributed by atoms with van der Waals surface area (Å²) in [6.07, 6.45) is 1.58. The van der Waals surface area contributed by atoms with E-state index in [1.165, 1.54) is 11.8 Å². The minimum Gasteiger partial charge on any atom is -0.365 e. The van der Waals surface area contributed by atoms with Crippen LogP contribution >= 0.6 is 11.3 Å². The minimum atomic E-state index is -0.0728. The number of fused-ring (bicyclic) bond motifs is 1. The Morgan fingerprint density at radius 2 is 2.14 bits per heavy atom. The number of amides is 1. The molecular formula is C16H16N4OS. The Kier molecular flexibility index (Phi) is 4.02. The second-order valence-corrected chi connectivity index (χ2v) is 6.27. The highest BCUT2D eigenvalue weighted by molar-refractivity contribution is 7.18. The quantitative estimate of drug-likeness (QED) is 0.773. The molecule has 0 aliphatic rings. The number of rotatable bonds is 4. The number of hydrogen-bond acceptors (Lipinski definition) is 5. The van der Waals surface area contributed by atoms with Crippen molar-refractivity contribution >= 4 is 39.0 Å². The van der Waals surface area contributed by atoms with Gasteiger partial charge in [0.25, 0.3) is 0 Å². The van der Waals surface area contributed by atoms with Crippen molar-refractivity contribution < 1.29 is 4.79 Å². The molecule has 0 saturated heterocycles. The van der Waals surface area contributed by atoms with Gasteiger partial charge in [0, 0.05) is 24.0 Å². The molecule has 0 atom stereocenters. The number of hydrogen-bond donors (Lipinski definition) is 2. The van der Waals surface area contributed by atoms with Crippen molar-refractivity contribution in [3.63, 3.8) is 0 Å². The maximum atomic E-state index is 11.1. The van der Waals surface area contributed by atoms with Crippen molar-refractivity contribution in [2.24, 2.45) is 0 Å². The average molecular weight is 312 g/mol. The van der Waals surface area contributed by atoms with E-state index >= 15 is 0 Å². The van der Waals surface area contributed by atoms with Gasteiger partial charge in [-0.05, 0) is 30.7 Å². The van der Waals surface area contributed by atoms with Crippen LogP contribution in [0.2, 0.25) is 0 Å². The maximum absolute atomic E-state index is 11.1. The molecule has 5 nitrogen and oxygen atoms in total. The molecule has 112 valence electrons. The van der Waals surface area contributed by atoms with Gasteiger partial charge >= 0.3 is 0 Å². The molecule has 3 rings (SSSR count). The summed E-state index contributed by atoms with van der Waals surface area (Å²) in [7, 11) is 0. The van der Waals surface area contributed by atoms with Crippen LogP contribution in [0.15, 0.2) is 36.7 Å². The molecule has 0 aliphatic carbocycles. The number of carbonyl (C=O) groups excluding carboxylic acids is 1. The van der Waals surface area contributed by atoms with Crippen LogP contribution in [-0.2, 0) is 11.3 Å². The third-order valence-electron chi connectivity index (χ3n) is 3.16. The van der Waals surface area contributed by atoms with Crippen molar-refractivity contribution in [2.45, 2.75) is 20.4 Å². The molecule has 0 bridgehead atoms. The molecule has 2 heterocycles. The first kappa shape index (κ1) is 14.5. The van der Waals surface area contributed by atoms with Gasteiger partial charge in [-0.3, -0.25) is 4.79 Å². The predicted molar refractivity (Wildman–Crippen MR) is 90.2 cm³/mol. The van der Waals surface area contributed by atoms with Gasteiger partial charge in [0.1, 0.15) is 17.0 Å². The Morgan fingerprint density at radius 1 is 1.27 bits per heavy atom. The largest absolute Gasteiger partial charge is 0.365 e. The van der Waals surface area contributed by atoms with E-state index in [9.17, 15) is 4.79 Å². The summed E-state index contributed by atoms with van der Waals surface area (Å²) in [5, 5.41) is 7.17. The Balaban J connectivity index is 1.78. The summed E-state index contributed by atoms with van der Waals surface area (Å²) in [5.41, 5.74) is 1.87. The monoisotopic (exact) mass is 312 g/mol. The molecule has 2 N–H and O–H groups in total. The summed E-state index contributed by atoms with van der Waals surface area (Å²) in [6, 6.07) is 9.85. The van der Waals surface area contributed by atoms with Gasteiger partial charge in [-0.2, -0.15) is 0 Å². The third kappa shape index (κ3) is 3.23. The second kappa shape index (κ2) is 6.11. The molecule has 2 aromatic heterocycles. The Morgan fingerprint density at radius 3 is 2.95 bits per heavy atom. The molecule has 0 unspecified atom stereocenters. The first-order valence-electron chi connectivity index (χ1n) is 6.93. The van der Waals surface area contributed by atoms with E-state index in [1.807, 2.05) is 24.3 Å². The van der Waals surface area contributed by atoms with E-state index in [0.29, 0.717) is 6.54 Å². The van der Waals surface area contributed by atoms with Crippen LogP contribution in [0.3, 0.4) is 0 Å². The van der Waals surface area contributed by atoms with Gasteiger partial charge in [-0.1, -0.05) is 12.1 Å². The number of benzene rings is 1. The molecule has 0 fully saturated rings. The van der Waals surface area contributed by atoms with Crippen LogP contribution < -0.4 is 10.6 Å². The lowest BCUT2D eigenvalue weighted by molar-refractivity contribution is -0.114. The topological polar surface area (TPSA) is 66.9 Å². The van der Waals surface area contributed by atoms with Crippen molar-refractivity contribution in [3.8, 4) is 0 Å². The fourth-order valence-corrected chi connectivity index (χ4v) is 3.11. The number of nitrogens with zero attached hydrogens (tertiary/aromatic N) is 2. The SMILES string of the molecule is CC(=O)Nc1cccc(CNc2ncnc3sc(C)cc23)c1. The summed E-state index contributed by atoms with van der Waals surface area (Å²) in [6.45, 7) is 4.20. The summed E-state index contributed by atoms with van der Waals surface area (Å²) < 4.78 is 0. The van der Waals surface area contributed by atoms with Gasteiger partial charge in [0.05, 0.1) is 5.39 Å². The maximum Gasteiger partial charge on any atom is 0.221 e. The number of anilines is 2. The van der Waals surface area contributed by atoms with E-state index < -0.39 is 0 Å². The molecule has 6 heteroatoms. The zero-order chi connectivity index (χ0) is 15.5. The number of carbonyl (C=O) groups is 1.